The third-order valence-corrected chi connectivity index (χ3v) is 3.96. The summed E-state index contributed by atoms with van der Waals surface area (Å²) in [5, 5.41) is 6.33. The minimum atomic E-state index is 0.762. The van der Waals surface area contributed by atoms with Crippen LogP contribution in [0.5, 0.6) is 0 Å². The summed E-state index contributed by atoms with van der Waals surface area (Å²) in [6.45, 7) is 1.99. The summed E-state index contributed by atoms with van der Waals surface area (Å²) in [4.78, 5) is 6.60. The van der Waals surface area contributed by atoms with Gasteiger partial charge in [-0.3, -0.25) is 9.67 Å². The summed E-state index contributed by atoms with van der Waals surface area (Å²) >= 11 is 1.69. The van der Waals surface area contributed by atoms with Crippen molar-refractivity contribution < 1.29 is 0 Å². The molecule has 0 spiro atoms. The first-order valence-electron chi connectivity index (χ1n) is 5.95. The van der Waals surface area contributed by atoms with Crippen LogP contribution in [-0.4, -0.2) is 14.8 Å². The van der Waals surface area contributed by atoms with E-state index >= 15 is 0 Å². The fourth-order valence-electron chi connectivity index (χ4n) is 2.01. The Morgan fingerprint density at radius 2 is 2.05 bits per heavy atom. The van der Waals surface area contributed by atoms with Crippen molar-refractivity contribution in [2.45, 2.75) is 16.7 Å². The van der Waals surface area contributed by atoms with Crippen molar-refractivity contribution in [1.82, 2.24) is 14.8 Å². The van der Waals surface area contributed by atoms with Gasteiger partial charge < -0.3 is 5.73 Å². The predicted molar refractivity (Wildman–Crippen MR) is 78.2 cm³/mol. The van der Waals surface area contributed by atoms with E-state index in [1.165, 1.54) is 4.90 Å². The van der Waals surface area contributed by atoms with E-state index in [2.05, 4.69) is 22.2 Å². The summed E-state index contributed by atoms with van der Waals surface area (Å²) in [7, 11) is 1.92. The SMILES string of the molecule is Cc1cc2c(Sc3cnn(C)c3)ccc(N)c2cn1. The van der Waals surface area contributed by atoms with E-state index in [0.717, 1.165) is 27.0 Å². The molecule has 2 N–H and O–H groups in total. The van der Waals surface area contributed by atoms with Crippen LogP contribution in [0.2, 0.25) is 0 Å². The number of nitrogens with two attached hydrogens (primary N) is 1. The summed E-state index contributed by atoms with van der Waals surface area (Å²) in [5.74, 6) is 0. The van der Waals surface area contributed by atoms with Gasteiger partial charge in [-0.1, -0.05) is 11.8 Å². The standard InChI is InChI=1S/C14H14N4S/c1-9-5-11-12(7-16-9)13(15)3-4-14(11)19-10-6-17-18(2)8-10/h3-8H,15H2,1-2H3. The van der Waals surface area contributed by atoms with Crippen LogP contribution in [0.25, 0.3) is 10.8 Å². The van der Waals surface area contributed by atoms with E-state index in [1.807, 2.05) is 38.6 Å². The van der Waals surface area contributed by atoms with Crippen LogP contribution in [0.15, 0.2) is 46.6 Å². The fourth-order valence-corrected chi connectivity index (χ4v) is 2.98. The molecule has 0 aliphatic rings. The molecule has 2 heterocycles. The average molecular weight is 270 g/mol. The second kappa shape index (κ2) is 4.59. The lowest BCUT2D eigenvalue weighted by Gasteiger charge is -2.08. The van der Waals surface area contributed by atoms with Gasteiger partial charge in [-0.05, 0) is 25.1 Å². The maximum absolute atomic E-state index is 6.01. The summed E-state index contributed by atoms with van der Waals surface area (Å²) in [5.41, 5.74) is 7.76. The highest BCUT2D eigenvalue weighted by Gasteiger charge is 2.07. The van der Waals surface area contributed by atoms with Gasteiger partial charge in [-0.25, -0.2) is 0 Å². The quantitative estimate of drug-likeness (QED) is 0.727. The molecule has 4 nitrogen and oxygen atoms in total. The molecule has 0 fully saturated rings. The van der Waals surface area contributed by atoms with Gasteiger partial charge in [0.05, 0.1) is 11.1 Å². The number of aryl methyl sites for hydroxylation is 2. The molecule has 0 aliphatic carbocycles. The number of pyridine rings is 1. The van der Waals surface area contributed by atoms with Gasteiger partial charge in [0, 0.05) is 46.5 Å². The van der Waals surface area contributed by atoms with Gasteiger partial charge in [-0.15, -0.1) is 0 Å². The minimum Gasteiger partial charge on any atom is -0.398 e. The molecule has 0 saturated heterocycles. The Bertz CT molecular complexity index is 748. The van der Waals surface area contributed by atoms with E-state index < -0.39 is 0 Å². The van der Waals surface area contributed by atoms with Crippen molar-refractivity contribution >= 4 is 28.2 Å². The lowest BCUT2D eigenvalue weighted by Crippen LogP contribution is -1.90. The molecule has 0 aliphatic heterocycles. The smallest absolute Gasteiger partial charge is 0.0629 e. The van der Waals surface area contributed by atoms with Crippen molar-refractivity contribution in [3.05, 3.63) is 42.5 Å². The van der Waals surface area contributed by atoms with E-state index in [0.29, 0.717) is 0 Å². The monoisotopic (exact) mass is 270 g/mol. The summed E-state index contributed by atoms with van der Waals surface area (Å²) in [6.07, 6.45) is 5.70. The molecule has 19 heavy (non-hydrogen) atoms. The number of hydrogen-bond acceptors (Lipinski definition) is 4. The first kappa shape index (κ1) is 12.0. The van der Waals surface area contributed by atoms with Crippen LogP contribution in [0.1, 0.15) is 5.69 Å². The zero-order valence-corrected chi connectivity index (χ0v) is 11.6. The molecule has 2 aromatic heterocycles. The molecule has 3 aromatic rings. The molecule has 0 amide bonds. The number of aromatic nitrogens is 3. The molecular weight excluding hydrogens is 256 g/mol. The van der Waals surface area contributed by atoms with Gasteiger partial charge in [-0.2, -0.15) is 5.10 Å². The fraction of sp³-hybridized carbons (Fsp3) is 0.143. The largest absolute Gasteiger partial charge is 0.398 e. The van der Waals surface area contributed by atoms with Crippen LogP contribution >= 0.6 is 11.8 Å². The zero-order chi connectivity index (χ0) is 13.4. The van der Waals surface area contributed by atoms with Crippen LogP contribution < -0.4 is 5.73 Å². The first-order chi connectivity index (χ1) is 9.13. The van der Waals surface area contributed by atoms with Crippen LogP contribution in [-0.2, 0) is 7.05 Å². The number of fused-ring (bicyclic) bond motifs is 1. The number of nitrogens with zero attached hydrogens (tertiary/aromatic N) is 3. The molecule has 3 rings (SSSR count). The van der Waals surface area contributed by atoms with E-state index in [1.54, 1.807) is 16.4 Å². The van der Waals surface area contributed by atoms with Crippen molar-refractivity contribution in [2.24, 2.45) is 7.05 Å². The second-order valence-electron chi connectivity index (χ2n) is 4.48. The molecule has 0 atom stereocenters. The predicted octanol–water partition coefficient (Wildman–Crippen LogP) is 3.01. The normalized spacial score (nSPS) is 11.1. The minimum absolute atomic E-state index is 0.762. The first-order valence-corrected chi connectivity index (χ1v) is 6.76. The molecule has 0 saturated carbocycles. The third-order valence-electron chi connectivity index (χ3n) is 2.94. The summed E-state index contributed by atoms with van der Waals surface area (Å²) in [6, 6.07) is 6.05. The van der Waals surface area contributed by atoms with Crippen LogP contribution in [0.3, 0.4) is 0 Å². The van der Waals surface area contributed by atoms with Crippen LogP contribution in [0.4, 0.5) is 5.69 Å². The van der Waals surface area contributed by atoms with E-state index in [4.69, 9.17) is 5.73 Å². The Kier molecular flexibility index (Phi) is 2.91. The highest BCUT2D eigenvalue weighted by atomic mass is 32.2. The molecule has 5 heteroatoms. The van der Waals surface area contributed by atoms with Crippen molar-refractivity contribution in [3.8, 4) is 0 Å². The maximum Gasteiger partial charge on any atom is 0.0629 e. The molecular formula is C14H14N4S. The second-order valence-corrected chi connectivity index (χ2v) is 5.59. The Hall–Kier alpha value is -2.01. The molecule has 0 radical (unpaired) electrons. The Labute approximate surface area is 115 Å². The average Bonchev–Trinajstić information content (AvgIpc) is 2.78. The molecule has 0 bridgehead atoms. The van der Waals surface area contributed by atoms with Crippen molar-refractivity contribution in [2.75, 3.05) is 5.73 Å². The van der Waals surface area contributed by atoms with E-state index in [9.17, 15) is 0 Å². The zero-order valence-electron chi connectivity index (χ0n) is 10.8. The number of rotatable bonds is 2. The number of anilines is 1. The van der Waals surface area contributed by atoms with Gasteiger partial charge >= 0.3 is 0 Å². The van der Waals surface area contributed by atoms with E-state index in [-0.39, 0.29) is 0 Å². The van der Waals surface area contributed by atoms with Crippen LogP contribution in [0, 0.1) is 6.92 Å². The lowest BCUT2D eigenvalue weighted by atomic mass is 10.1. The Morgan fingerprint density at radius 1 is 1.21 bits per heavy atom. The van der Waals surface area contributed by atoms with Gasteiger partial charge in [0.2, 0.25) is 0 Å². The number of benzene rings is 1. The Morgan fingerprint density at radius 3 is 2.79 bits per heavy atom. The topological polar surface area (TPSA) is 56.7 Å². The molecule has 0 unspecified atom stereocenters. The van der Waals surface area contributed by atoms with Gasteiger partial charge in [0.25, 0.3) is 0 Å². The van der Waals surface area contributed by atoms with Crippen molar-refractivity contribution in [1.29, 1.82) is 0 Å². The van der Waals surface area contributed by atoms with Gasteiger partial charge in [0.15, 0.2) is 0 Å². The van der Waals surface area contributed by atoms with Crippen molar-refractivity contribution in [3.63, 3.8) is 0 Å². The molecule has 1 aromatic carbocycles. The third kappa shape index (κ3) is 2.29. The number of nitrogen functional groups attached to an aromatic ring is 1. The summed E-state index contributed by atoms with van der Waals surface area (Å²) < 4.78 is 1.80. The Balaban J connectivity index is 2.13. The van der Waals surface area contributed by atoms with Gasteiger partial charge in [0.1, 0.15) is 0 Å². The maximum atomic E-state index is 6.01. The number of hydrogen-bond donors (Lipinski definition) is 1. The lowest BCUT2D eigenvalue weighted by molar-refractivity contribution is 0.766. The highest BCUT2D eigenvalue weighted by molar-refractivity contribution is 7.99. The highest BCUT2D eigenvalue weighted by Crippen LogP contribution is 2.35. The molecule has 96 valence electrons.